The van der Waals surface area contributed by atoms with E-state index in [-0.39, 0.29) is 24.6 Å². The lowest BCUT2D eigenvalue weighted by molar-refractivity contribution is -0.165. The summed E-state index contributed by atoms with van der Waals surface area (Å²) in [6.45, 7) is 10.1. The first-order valence-corrected chi connectivity index (χ1v) is 9.19. The summed E-state index contributed by atoms with van der Waals surface area (Å²) in [5.41, 5.74) is 0.342. The predicted molar refractivity (Wildman–Crippen MR) is 97.2 cm³/mol. The van der Waals surface area contributed by atoms with Crippen LogP contribution >= 0.6 is 0 Å². The number of hydrogen-bond acceptors (Lipinski definition) is 5. The van der Waals surface area contributed by atoms with Crippen LogP contribution < -0.4 is 10.2 Å². The maximum absolute atomic E-state index is 6.06. The number of rotatable bonds is 6. The van der Waals surface area contributed by atoms with Crippen molar-refractivity contribution in [3.8, 4) is 5.75 Å². The Morgan fingerprint density at radius 1 is 1.00 bits per heavy atom. The first-order valence-electron chi connectivity index (χ1n) is 9.19. The molecule has 1 aromatic carbocycles. The topological polar surface area (TPSA) is 46.2 Å². The molecule has 25 heavy (non-hydrogen) atoms. The van der Waals surface area contributed by atoms with Gasteiger partial charge in [-0.1, -0.05) is 12.1 Å². The minimum atomic E-state index is -0.342. The molecule has 1 aromatic rings. The second-order valence-corrected chi connectivity index (χ2v) is 7.67. The molecule has 1 atom stereocenters. The van der Waals surface area contributed by atoms with Crippen molar-refractivity contribution in [1.29, 1.82) is 0 Å². The van der Waals surface area contributed by atoms with Crippen molar-refractivity contribution in [2.75, 3.05) is 19.8 Å². The molecule has 0 aliphatic carbocycles. The summed E-state index contributed by atoms with van der Waals surface area (Å²) in [7, 11) is -0.342. The van der Waals surface area contributed by atoms with Crippen molar-refractivity contribution in [1.82, 2.24) is 0 Å². The van der Waals surface area contributed by atoms with Crippen LogP contribution in [0.1, 0.15) is 47.0 Å². The zero-order chi connectivity index (χ0) is 17.9. The van der Waals surface area contributed by atoms with Gasteiger partial charge in [-0.3, -0.25) is 0 Å². The van der Waals surface area contributed by atoms with Crippen molar-refractivity contribution in [3.05, 3.63) is 24.3 Å². The summed E-state index contributed by atoms with van der Waals surface area (Å²) in [5.74, 6) is 0.813. The molecule has 0 N–H and O–H groups in total. The van der Waals surface area contributed by atoms with E-state index < -0.39 is 0 Å². The second kappa shape index (κ2) is 7.66. The van der Waals surface area contributed by atoms with Gasteiger partial charge >= 0.3 is 7.12 Å². The van der Waals surface area contributed by atoms with Gasteiger partial charge in [0.25, 0.3) is 0 Å². The Balaban J connectivity index is 1.45. The van der Waals surface area contributed by atoms with Gasteiger partial charge in [0.15, 0.2) is 6.29 Å². The Hall–Kier alpha value is -1.08. The number of hydrogen-bond donors (Lipinski definition) is 0. The Bertz CT molecular complexity index is 535. The molecule has 0 bridgehead atoms. The van der Waals surface area contributed by atoms with Crippen LogP contribution in [0.2, 0.25) is 0 Å². The molecule has 0 amide bonds. The standard InChI is InChI=1S/C19H29BO5/c1-18(2)19(3,4)25-20(24-18)15-8-10-16(11-9-15)21-13-14-23-17-7-5-6-12-22-17/h8-11,17H,5-7,12-14H2,1-4H3/t17-/m0/s1. The van der Waals surface area contributed by atoms with Crippen LogP contribution in [0.4, 0.5) is 0 Å². The maximum Gasteiger partial charge on any atom is 0.494 e. The first-order chi connectivity index (χ1) is 11.9. The Morgan fingerprint density at radius 3 is 2.28 bits per heavy atom. The molecule has 0 aromatic heterocycles. The van der Waals surface area contributed by atoms with Gasteiger partial charge in [0.1, 0.15) is 12.4 Å². The second-order valence-electron chi connectivity index (χ2n) is 7.67. The molecule has 0 spiro atoms. The Kier molecular flexibility index (Phi) is 5.73. The van der Waals surface area contributed by atoms with E-state index in [1.165, 1.54) is 6.42 Å². The van der Waals surface area contributed by atoms with Crippen LogP contribution in [-0.4, -0.2) is 44.4 Å². The van der Waals surface area contributed by atoms with E-state index in [4.69, 9.17) is 23.5 Å². The van der Waals surface area contributed by atoms with E-state index in [0.717, 1.165) is 30.7 Å². The first kappa shape index (κ1) is 18.7. The molecule has 3 rings (SSSR count). The minimum Gasteiger partial charge on any atom is -0.491 e. The normalized spacial score (nSPS) is 25.1. The lowest BCUT2D eigenvalue weighted by Gasteiger charge is -2.32. The average Bonchev–Trinajstić information content (AvgIpc) is 2.81. The van der Waals surface area contributed by atoms with E-state index in [2.05, 4.69) is 27.7 Å². The molecule has 2 aliphatic rings. The average molecular weight is 348 g/mol. The molecule has 2 saturated heterocycles. The van der Waals surface area contributed by atoms with Gasteiger partial charge in [-0.05, 0) is 64.6 Å². The fraction of sp³-hybridized carbons (Fsp3) is 0.684. The number of benzene rings is 1. The lowest BCUT2D eigenvalue weighted by atomic mass is 9.79. The van der Waals surface area contributed by atoms with Gasteiger partial charge in [0, 0.05) is 6.61 Å². The van der Waals surface area contributed by atoms with E-state index >= 15 is 0 Å². The van der Waals surface area contributed by atoms with E-state index in [1.807, 2.05) is 24.3 Å². The highest BCUT2D eigenvalue weighted by Gasteiger charge is 2.51. The molecular weight excluding hydrogens is 319 g/mol. The third-order valence-electron chi connectivity index (χ3n) is 5.20. The molecule has 2 fully saturated rings. The fourth-order valence-corrected chi connectivity index (χ4v) is 2.88. The summed E-state index contributed by atoms with van der Waals surface area (Å²) in [6, 6.07) is 7.86. The van der Waals surface area contributed by atoms with Crippen LogP contribution in [0.5, 0.6) is 5.75 Å². The summed E-state index contributed by atoms with van der Waals surface area (Å²) in [5, 5.41) is 0. The molecule has 0 unspecified atom stereocenters. The summed E-state index contributed by atoms with van der Waals surface area (Å²) in [4.78, 5) is 0. The van der Waals surface area contributed by atoms with Crippen LogP contribution in [0.15, 0.2) is 24.3 Å². The monoisotopic (exact) mass is 348 g/mol. The SMILES string of the molecule is CC1(C)OB(c2ccc(OCCO[C@H]3CCCCO3)cc2)OC1(C)C. The molecule has 138 valence electrons. The molecule has 2 heterocycles. The van der Waals surface area contributed by atoms with Gasteiger partial charge < -0.3 is 23.5 Å². The molecule has 5 nitrogen and oxygen atoms in total. The van der Waals surface area contributed by atoms with Crippen LogP contribution in [-0.2, 0) is 18.8 Å². The summed E-state index contributed by atoms with van der Waals surface area (Å²) in [6.07, 6.45) is 3.21. The summed E-state index contributed by atoms with van der Waals surface area (Å²) < 4.78 is 29.1. The van der Waals surface area contributed by atoms with Crippen molar-refractivity contribution < 1.29 is 23.5 Å². The van der Waals surface area contributed by atoms with Crippen molar-refractivity contribution in [2.45, 2.75) is 64.4 Å². The lowest BCUT2D eigenvalue weighted by Crippen LogP contribution is -2.41. The van der Waals surface area contributed by atoms with Crippen molar-refractivity contribution >= 4 is 12.6 Å². The fourth-order valence-electron chi connectivity index (χ4n) is 2.88. The zero-order valence-electron chi connectivity index (χ0n) is 15.7. The van der Waals surface area contributed by atoms with Gasteiger partial charge in [-0.25, -0.2) is 0 Å². The zero-order valence-corrected chi connectivity index (χ0v) is 15.7. The van der Waals surface area contributed by atoms with E-state index in [0.29, 0.717) is 13.2 Å². The number of ether oxygens (including phenoxy) is 3. The van der Waals surface area contributed by atoms with E-state index in [1.54, 1.807) is 0 Å². The highest BCUT2D eigenvalue weighted by molar-refractivity contribution is 6.62. The van der Waals surface area contributed by atoms with E-state index in [9.17, 15) is 0 Å². The maximum atomic E-state index is 6.06. The molecular formula is C19H29BO5. The predicted octanol–water partition coefficient (Wildman–Crippen LogP) is 2.91. The minimum absolute atomic E-state index is 0.0666. The molecule has 6 heteroatoms. The van der Waals surface area contributed by atoms with Crippen LogP contribution in [0.3, 0.4) is 0 Å². The highest BCUT2D eigenvalue weighted by Crippen LogP contribution is 2.36. The highest BCUT2D eigenvalue weighted by atomic mass is 16.7. The van der Waals surface area contributed by atoms with Crippen LogP contribution in [0.25, 0.3) is 0 Å². The Labute approximate surface area is 151 Å². The Morgan fingerprint density at radius 2 is 1.68 bits per heavy atom. The third-order valence-corrected chi connectivity index (χ3v) is 5.20. The molecule has 0 saturated carbocycles. The third kappa shape index (κ3) is 4.56. The van der Waals surface area contributed by atoms with Gasteiger partial charge in [-0.2, -0.15) is 0 Å². The van der Waals surface area contributed by atoms with Crippen molar-refractivity contribution in [3.63, 3.8) is 0 Å². The van der Waals surface area contributed by atoms with Gasteiger partial charge in [0.2, 0.25) is 0 Å². The smallest absolute Gasteiger partial charge is 0.491 e. The van der Waals surface area contributed by atoms with Gasteiger partial charge in [-0.15, -0.1) is 0 Å². The summed E-state index contributed by atoms with van der Waals surface area (Å²) >= 11 is 0. The quantitative estimate of drug-likeness (QED) is 0.584. The molecule has 2 aliphatic heterocycles. The van der Waals surface area contributed by atoms with Gasteiger partial charge in [0.05, 0.1) is 17.8 Å². The van der Waals surface area contributed by atoms with Crippen LogP contribution in [0, 0.1) is 0 Å². The largest absolute Gasteiger partial charge is 0.494 e. The molecule has 0 radical (unpaired) electrons. The van der Waals surface area contributed by atoms with Crippen molar-refractivity contribution in [2.24, 2.45) is 0 Å².